The summed E-state index contributed by atoms with van der Waals surface area (Å²) >= 11 is 0. The van der Waals surface area contributed by atoms with Gasteiger partial charge in [-0.2, -0.15) is 0 Å². The van der Waals surface area contributed by atoms with E-state index in [0.29, 0.717) is 5.92 Å². The first-order valence-corrected chi connectivity index (χ1v) is 6.70. The minimum Gasteiger partial charge on any atom is -0.0654 e. The lowest BCUT2D eigenvalue weighted by atomic mass is 9.90. The molecule has 2 unspecified atom stereocenters. The molecule has 90 valence electrons. The van der Waals surface area contributed by atoms with E-state index in [4.69, 9.17) is 0 Å². The lowest BCUT2D eigenvalue weighted by Gasteiger charge is -2.15. The zero-order valence-corrected chi connectivity index (χ0v) is 11.3. The lowest BCUT2D eigenvalue weighted by Crippen LogP contribution is -1.99. The van der Waals surface area contributed by atoms with Crippen molar-refractivity contribution in [1.82, 2.24) is 0 Å². The monoisotopic (exact) mass is 218 g/mol. The Bertz CT molecular complexity index is 283. The van der Waals surface area contributed by atoms with Crippen LogP contribution in [0.2, 0.25) is 0 Å². The molecule has 0 saturated carbocycles. The van der Waals surface area contributed by atoms with Crippen molar-refractivity contribution >= 4 is 0 Å². The number of hydrogen-bond donors (Lipinski definition) is 0. The minimum absolute atomic E-state index is 0.708. The van der Waals surface area contributed by atoms with Crippen molar-refractivity contribution in [3.8, 4) is 0 Å². The summed E-state index contributed by atoms with van der Waals surface area (Å²) in [7, 11) is 0. The SMILES string of the molecule is CCCC(C)CCC(C)c1ccc(C)cc1. The molecule has 0 spiro atoms. The van der Waals surface area contributed by atoms with Crippen LogP contribution in [0.5, 0.6) is 0 Å². The van der Waals surface area contributed by atoms with Gasteiger partial charge < -0.3 is 0 Å². The van der Waals surface area contributed by atoms with Gasteiger partial charge in [-0.3, -0.25) is 0 Å². The average Bonchev–Trinajstić information content (AvgIpc) is 2.27. The highest BCUT2D eigenvalue weighted by atomic mass is 14.1. The molecule has 0 heteroatoms. The summed E-state index contributed by atoms with van der Waals surface area (Å²) in [5, 5.41) is 0. The lowest BCUT2D eigenvalue weighted by molar-refractivity contribution is 0.449. The molecule has 2 atom stereocenters. The smallest absolute Gasteiger partial charge is 0.0190 e. The Hall–Kier alpha value is -0.780. The van der Waals surface area contributed by atoms with Crippen LogP contribution in [-0.2, 0) is 0 Å². The van der Waals surface area contributed by atoms with Gasteiger partial charge in [0.25, 0.3) is 0 Å². The van der Waals surface area contributed by atoms with E-state index in [2.05, 4.69) is 52.0 Å². The molecular formula is C16H26. The van der Waals surface area contributed by atoms with Gasteiger partial charge in [0.1, 0.15) is 0 Å². The third kappa shape index (κ3) is 4.38. The molecule has 1 aromatic carbocycles. The number of rotatable bonds is 6. The third-order valence-corrected chi connectivity index (χ3v) is 3.52. The second kappa shape index (κ2) is 6.73. The van der Waals surface area contributed by atoms with Gasteiger partial charge >= 0.3 is 0 Å². The molecule has 0 amide bonds. The van der Waals surface area contributed by atoms with Crippen LogP contribution in [0.15, 0.2) is 24.3 Å². The average molecular weight is 218 g/mol. The maximum atomic E-state index is 2.38. The van der Waals surface area contributed by atoms with E-state index >= 15 is 0 Å². The van der Waals surface area contributed by atoms with Gasteiger partial charge in [-0.15, -0.1) is 0 Å². The number of aryl methyl sites for hydroxylation is 1. The normalized spacial score (nSPS) is 14.8. The van der Waals surface area contributed by atoms with E-state index in [1.807, 2.05) is 0 Å². The van der Waals surface area contributed by atoms with Gasteiger partial charge in [-0.25, -0.2) is 0 Å². The van der Waals surface area contributed by atoms with Gasteiger partial charge in [0, 0.05) is 0 Å². The molecule has 0 aliphatic heterocycles. The summed E-state index contributed by atoms with van der Waals surface area (Å²) in [6.07, 6.45) is 5.38. The van der Waals surface area contributed by atoms with E-state index in [1.165, 1.54) is 36.8 Å². The van der Waals surface area contributed by atoms with Crippen molar-refractivity contribution in [3.63, 3.8) is 0 Å². The fourth-order valence-electron chi connectivity index (χ4n) is 2.23. The molecule has 0 N–H and O–H groups in total. The predicted octanol–water partition coefficient (Wildman–Crippen LogP) is 5.31. The molecule has 0 bridgehead atoms. The second-order valence-corrected chi connectivity index (χ2v) is 5.28. The van der Waals surface area contributed by atoms with E-state index in [-0.39, 0.29) is 0 Å². The summed E-state index contributed by atoms with van der Waals surface area (Å²) in [4.78, 5) is 0. The summed E-state index contributed by atoms with van der Waals surface area (Å²) in [5.41, 5.74) is 2.85. The van der Waals surface area contributed by atoms with E-state index < -0.39 is 0 Å². The van der Waals surface area contributed by atoms with Crippen molar-refractivity contribution in [2.24, 2.45) is 5.92 Å². The van der Waals surface area contributed by atoms with Gasteiger partial charge in [0.2, 0.25) is 0 Å². The molecular weight excluding hydrogens is 192 g/mol. The Morgan fingerprint density at radius 2 is 1.56 bits per heavy atom. The van der Waals surface area contributed by atoms with Crippen molar-refractivity contribution < 1.29 is 0 Å². The quantitative estimate of drug-likeness (QED) is 0.606. The van der Waals surface area contributed by atoms with E-state index in [9.17, 15) is 0 Å². The largest absolute Gasteiger partial charge is 0.0654 e. The Balaban J connectivity index is 2.40. The van der Waals surface area contributed by atoms with Crippen molar-refractivity contribution in [2.75, 3.05) is 0 Å². The standard InChI is InChI=1S/C16H26/c1-5-6-13(2)7-10-15(4)16-11-8-14(3)9-12-16/h8-9,11-13,15H,5-7,10H2,1-4H3. The summed E-state index contributed by atoms with van der Waals surface area (Å²) in [5.74, 6) is 1.60. The Morgan fingerprint density at radius 1 is 0.938 bits per heavy atom. The van der Waals surface area contributed by atoms with E-state index in [1.54, 1.807) is 0 Å². The first-order chi connectivity index (χ1) is 7.63. The van der Waals surface area contributed by atoms with E-state index in [0.717, 1.165) is 5.92 Å². The van der Waals surface area contributed by atoms with Crippen molar-refractivity contribution in [2.45, 2.75) is 59.3 Å². The van der Waals surface area contributed by atoms with Gasteiger partial charge in [-0.1, -0.05) is 69.9 Å². The molecule has 1 aromatic rings. The van der Waals surface area contributed by atoms with Crippen LogP contribution in [0.4, 0.5) is 0 Å². The van der Waals surface area contributed by atoms with Crippen LogP contribution >= 0.6 is 0 Å². The Morgan fingerprint density at radius 3 is 2.12 bits per heavy atom. The van der Waals surface area contributed by atoms with Gasteiger partial charge in [0.15, 0.2) is 0 Å². The van der Waals surface area contributed by atoms with Crippen LogP contribution in [0.25, 0.3) is 0 Å². The molecule has 0 aliphatic carbocycles. The molecule has 16 heavy (non-hydrogen) atoms. The fourth-order valence-corrected chi connectivity index (χ4v) is 2.23. The maximum absolute atomic E-state index is 2.38. The highest BCUT2D eigenvalue weighted by molar-refractivity contribution is 5.23. The van der Waals surface area contributed by atoms with Gasteiger partial charge in [0.05, 0.1) is 0 Å². The molecule has 1 rings (SSSR count). The summed E-state index contributed by atoms with van der Waals surface area (Å²) in [6, 6.07) is 9.01. The fraction of sp³-hybridized carbons (Fsp3) is 0.625. The first kappa shape index (κ1) is 13.3. The third-order valence-electron chi connectivity index (χ3n) is 3.52. The predicted molar refractivity (Wildman–Crippen MR) is 72.9 cm³/mol. The van der Waals surface area contributed by atoms with Crippen LogP contribution in [-0.4, -0.2) is 0 Å². The zero-order chi connectivity index (χ0) is 12.0. The van der Waals surface area contributed by atoms with Crippen LogP contribution in [0.1, 0.15) is 63.5 Å². The molecule has 0 fully saturated rings. The highest BCUT2D eigenvalue weighted by Crippen LogP contribution is 2.24. The molecule has 0 heterocycles. The molecule has 0 saturated heterocycles. The number of benzene rings is 1. The first-order valence-electron chi connectivity index (χ1n) is 6.70. The summed E-state index contributed by atoms with van der Waals surface area (Å²) < 4.78 is 0. The minimum atomic E-state index is 0.708. The topological polar surface area (TPSA) is 0 Å². The van der Waals surface area contributed by atoms with Crippen LogP contribution in [0.3, 0.4) is 0 Å². The maximum Gasteiger partial charge on any atom is -0.0190 e. The zero-order valence-electron chi connectivity index (χ0n) is 11.3. The molecule has 0 aromatic heterocycles. The highest BCUT2D eigenvalue weighted by Gasteiger charge is 2.07. The van der Waals surface area contributed by atoms with Crippen LogP contribution in [0, 0.1) is 12.8 Å². The van der Waals surface area contributed by atoms with Crippen molar-refractivity contribution in [3.05, 3.63) is 35.4 Å². The molecule has 0 radical (unpaired) electrons. The van der Waals surface area contributed by atoms with Crippen molar-refractivity contribution in [1.29, 1.82) is 0 Å². The summed E-state index contributed by atoms with van der Waals surface area (Å²) in [6.45, 7) is 9.16. The second-order valence-electron chi connectivity index (χ2n) is 5.28. The van der Waals surface area contributed by atoms with Crippen LogP contribution < -0.4 is 0 Å². The number of hydrogen-bond acceptors (Lipinski definition) is 0. The Labute approximate surface area is 101 Å². The molecule has 0 aliphatic rings. The van der Waals surface area contributed by atoms with Gasteiger partial charge in [-0.05, 0) is 30.7 Å². The molecule has 0 nitrogen and oxygen atoms in total. The Kier molecular flexibility index (Phi) is 5.59.